The van der Waals surface area contributed by atoms with Crippen molar-refractivity contribution in [3.8, 4) is 0 Å². The van der Waals surface area contributed by atoms with Crippen LogP contribution in [0, 0.1) is 0 Å². The number of hydrogen-bond donors (Lipinski definition) is 2. The Morgan fingerprint density at radius 3 is 2.40 bits per heavy atom. The molecule has 0 bridgehead atoms. The summed E-state index contributed by atoms with van der Waals surface area (Å²) in [6.07, 6.45) is 3.20. The lowest BCUT2D eigenvalue weighted by atomic mass is 10.0. The van der Waals surface area contributed by atoms with E-state index in [1.165, 1.54) is 0 Å². The highest BCUT2D eigenvalue weighted by Gasteiger charge is 2.16. The van der Waals surface area contributed by atoms with E-state index < -0.39 is 5.91 Å². The van der Waals surface area contributed by atoms with Crippen molar-refractivity contribution in [1.82, 2.24) is 10.6 Å². The van der Waals surface area contributed by atoms with Crippen LogP contribution in [0.2, 0.25) is 0 Å². The molecule has 0 aliphatic carbocycles. The van der Waals surface area contributed by atoms with E-state index in [1.807, 2.05) is 66.7 Å². The van der Waals surface area contributed by atoms with Crippen molar-refractivity contribution in [1.29, 1.82) is 0 Å². The average Bonchev–Trinajstić information content (AvgIpc) is 3.31. The molecule has 0 fully saturated rings. The molecule has 3 aromatic carbocycles. The first-order valence-corrected chi connectivity index (χ1v) is 9.57. The minimum absolute atomic E-state index is 0.158. The number of rotatable bonds is 6. The molecule has 4 aromatic rings. The first-order valence-electron chi connectivity index (χ1n) is 9.57. The summed E-state index contributed by atoms with van der Waals surface area (Å²) in [5, 5.41) is 7.35. The zero-order valence-corrected chi connectivity index (χ0v) is 16.2. The smallest absolute Gasteiger partial charge is 0.268 e. The highest BCUT2D eigenvalue weighted by atomic mass is 16.3. The summed E-state index contributed by atoms with van der Waals surface area (Å²) in [5.74, 6) is -0.117. The van der Waals surface area contributed by atoms with Crippen LogP contribution in [0.25, 0.3) is 16.8 Å². The van der Waals surface area contributed by atoms with Crippen molar-refractivity contribution < 1.29 is 14.0 Å². The van der Waals surface area contributed by atoms with Crippen LogP contribution in [0.15, 0.2) is 101 Å². The molecule has 0 aliphatic heterocycles. The fourth-order valence-electron chi connectivity index (χ4n) is 3.16. The third kappa shape index (κ3) is 4.47. The summed E-state index contributed by atoms with van der Waals surface area (Å²) in [4.78, 5) is 25.9. The van der Waals surface area contributed by atoms with Gasteiger partial charge < -0.3 is 15.1 Å². The Hall–Kier alpha value is -4.12. The molecule has 0 aliphatic rings. The summed E-state index contributed by atoms with van der Waals surface area (Å²) in [7, 11) is 0. The Balaban J connectivity index is 1.61. The van der Waals surface area contributed by atoms with E-state index in [2.05, 4.69) is 10.6 Å². The van der Waals surface area contributed by atoms with Gasteiger partial charge in [-0.3, -0.25) is 9.59 Å². The van der Waals surface area contributed by atoms with Gasteiger partial charge in [-0.25, -0.2) is 0 Å². The quantitative estimate of drug-likeness (QED) is 0.471. The van der Waals surface area contributed by atoms with Crippen LogP contribution in [0.3, 0.4) is 0 Å². The van der Waals surface area contributed by atoms with Gasteiger partial charge >= 0.3 is 0 Å². The number of hydrogen-bond acceptors (Lipinski definition) is 3. The first-order chi connectivity index (χ1) is 14.7. The van der Waals surface area contributed by atoms with Crippen molar-refractivity contribution in [3.63, 3.8) is 0 Å². The van der Waals surface area contributed by atoms with Gasteiger partial charge in [0.15, 0.2) is 0 Å². The van der Waals surface area contributed by atoms with E-state index in [-0.39, 0.29) is 18.1 Å². The number of carbonyl (C=O) groups is 2. The zero-order valence-electron chi connectivity index (χ0n) is 16.2. The topological polar surface area (TPSA) is 71.3 Å². The lowest BCUT2D eigenvalue weighted by molar-refractivity contribution is -0.118. The summed E-state index contributed by atoms with van der Waals surface area (Å²) in [6, 6.07) is 26.1. The van der Waals surface area contributed by atoms with Gasteiger partial charge in [-0.15, -0.1) is 0 Å². The second-order valence-electron chi connectivity index (χ2n) is 6.71. The summed E-state index contributed by atoms with van der Waals surface area (Å²) in [6.45, 7) is 0.224. The number of furan rings is 1. The lowest BCUT2D eigenvalue weighted by Gasteiger charge is -2.12. The SMILES string of the molecule is O=C(NCc1ccco1)C(=Cc1ccccc1)NC(=O)c1cccc2ccccc12. The minimum Gasteiger partial charge on any atom is -0.467 e. The highest BCUT2D eigenvalue weighted by molar-refractivity contribution is 6.11. The average molecular weight is 396 g/mol. The molecule has 4 rings (SSSR count). The second kappa shape index (κ2) is 8.92. The van der Waals surface area contributed by atoms with Gasteiger partial charge in [-0.05, 0) is 40.6 Å². The number of fused-ring (bicyclic) bond motifs is 1. The van der Waals surface area contributed by atoms with Crippen LogP contribution >= 0.6 is 0 Å². The first kappa shape index (κ1) is 19.2. The van der Waals surface area contributed by atoms with Crippen LogP contribution in [0.1, 0.15) is 21.7 Å². The van der Waals surface area contributed by atoms with E-state index in [4.69, 9.17) is 4.42 Å². The van der Waals surface area contributed by atoms with Gasteiger partial charge in [0.1, 0.15) is 11.5 Å². The molecular formula is C25H20N2O3. The molecule has 0 unspecified atom stereocenters. The maximum absolute atomic E-state index is 13.0. The summed E-state index contributed by atoms with van der Waals surface area (Å²) < 4.78 is 5.26. The summed E-state index contributed by atoms with van der Waals surface area (Å²) >= 11 is 0. The number of benzene rings is 3. The maximum Gasteiger partial charge on any atom is 0.268 e. The summed E-state index contributed by atoms with van der Waals surface area (Å²) in [5.41, 5.74) is 1.47. The number of nitrogens with one attached hydrogen (secondary N) is 2. The molecule has 1 aromatic heterocycles. The third-order valence-corrected chi connectivity index (χ3v) is 4.64. The van der Waals surface area contributed by atoms with Crippen molar-refractivity contribution in [2.45, 2.75) is 6.54 Å². The molecule has 30 heavy (non-hydrogen) atoms. The Kier molecular flexibility index (Phi) is 5.71. The standard InChI is InChI=1S/C25H20N2O3/c28-24(22-14-6-11-19-10-4-5-13-21(19)22)27-23(16-18-8-2-1-3-9-18)25(29)26-17-20-12-7-15-30-20/h1-16H,17H2,(H,26,29)(H,27,28). The molecule has 2 amide bonds. The third-order valence-electron chi connectivity index (χ3n) is 4.64. The largest absolute Gasteiger partial charge is 0.467 e. The number of amides is 2. The fraction of sp³-hybridized carbons (Fsp3) is 0.0400. The molecule has 0 atom stereocenters. The molecule has 0 saturated heterocycles. The Morgan fingerprint density at radius 1 is 0.833 bits per heavy atom. The molecule has 1 heterocycles. The van der Waals surface area contributed by atoms with E-state index >= 15 is 0 Å². The van der Waals surface area contributed by atoms with E-state index in [0.717, 1.165) is 16.3 Å². The van der Waals surface area contributed by atoms with Gasteiger partial charge in [-0.1, -0.05) is 66.7 Å². The van der Waals surface area contributed by atoms with Gasteiger partial charge in [0, 0.05) is 5.56 Å². The molecule has 148 valence electrons. The molecule has 5 heteroatoms. The van der Waals surface area contributed by atoms with Crippen LogP contribution in [0.4, 0.5) is 0 Å². The van der Waals surface area contributed by atoms with E-state index in [9.17, 15) is 9.59 Å². The predicted molar refractivity (Wildman–Crippen MR) is 116 cm³/mol. The molecule has 0 radical (unpaired) electrons. The molecule has 0 spiro atoms. The maximum atomic E-state index is 13.0. The van der Waals surface area contributed by atoms with Gasteiger partial charge in [0.2, 0.25) is 0 Å². The normalized spacial score (nSPS) is 11.3. The highest BCUT2D eigenvalue weighted by Crippen LogP contribution is 2.19. The number of carbonyl (C=O) groups excluding carboxylic acids is 2. The minimum atomic E-state index is -0.399. The predicted octanol–water partition coefficient (Wildman–Crippen LogP) is 4.52. The van der Waals surface area contributed by atoms with Crippen molar-refractivity contribution in [3.05, 3.63) is 114 Å². The monoisotopic (exact) mass is 396 g/mol. The Morgan fingerprint density at radius 2 is 1.60 bits per heavy atom. The second-order valence-corrected chi connectivity index (χ2v) is 6.71. The van der Waals surface area contributed by atoms with Crippen molar-refractivity contribution in [2.24, 2.45) is 0 Å². The van der Waals surface area contributed by atoms with Gasteiger partial charge in [0.05, 0.1) is 12.8 Å². The van der Waals surface area contributed by atoms with Gasteiger partial charge in [0.25, 0.3) is 11.8 Å². The van der Waals surface area contributed by atoms with Crippen molar-refractivity contribution in [2.75, 3.05) is 0 Å². The zero-order chi connectivity index (χ0) is 20.8. The fourth-order valence-corrected chi connectivity index (χ4v) is 3.16. The lowest BCUT2D eigenvalue weighted by Crippen LogP contribution is -2.34. The Labute approximate surface area is 174 Å². The van der Waals surface area contributed by atoms with E-state index in [1.54, 1.807) is 30.5 Å². The van der Waals surface area contributed by atoms with Crippen LogP contribution in [-0.2, 0) is 11.3 Å². The molecular weight excluding hydrogens is 376 g/mol. The molecule has 0 saturated carbocycles. The van der Waals surface area contributed by atoms with Gasteiger partial charge in [-0.2, -0.15) is 0 Å². The molecule has 2 N–H and O–H groups in total. The van der Waals surface area contributed by atoms with E-state index in [0.29, 0.717) is 11.3 Å². The molecule has 5 nitrogen and oxygen atoms in total. The van der Waals surface area contributed by atoms with Crippen molar-refractivity contribution >= 4 is 28.7 Å². The van der Waals surface area contributed by atoms with Crippen LogP contribution < -0.4 is 10.6 Å². The Bertz CT molecular complexity index is 1190. The van der Waals surface area contributed by atoms with Crippen LogP contribution in [-0.4, -0.2) is 11.8 Å². The van der Waals surface area contributed by atoms with Crippen LogP contribution in [0.5, 0.6) is 0 Å².